The maximum absolute atomic E-state index is 14.3. The van der Waals surface area contributed by atoms with E-state index in [1.165, 1.54) is 0 Å². The fraction of sp³-hybridized carbons (Fsp3) is 0.625. The van der Waals surface area contributed by atoms with E-state index in [2.05, 4.69) is 25.7 Å². The highest BCUT2D eigenvalue weighted by atomic mass is 19.1. The van der Waals surface area contributed by atoms with Crippen LogP contribution in [0.2, 0.25) is 0 Å². The third kappa shape index (κ3) is 4.20. The number of rotatable bonds is 7. The van der Waals surface area contributed by atoms with Gasteiger partial charge in [-0.1, -0.05) is 26.3 Å². The van der Waals surface area contributed by atoms with E-state index in [0.717, 1.165) is 31.4 Å². The molecule has 0 heterocycles. The lowest BCUT2D eigenvalue weighted by atomic mass is 10.1. The topological polar surface area (TPSA) is 29.3 Å². The summed E-state index contributed by atoms with van der Waals surface area (Å²) >= 11 is 0. The summed E-state index contributed by atoms with van der Waals surface area (Å²) in [6.45, 7) is 9.22. The lowest BCUT2D eigenvalue weighted by Gasteiger charge is -2.31. The van der Waals surface area contributed by atoms with Crippen molar-refractivity contribution in [3.8, 4) is 0 Å². The minimum atomic E-state index is -0.161. The molecule has 0 bridgehead atoms. The highest BCUT2D eigenvalue weighted by molar-refractivity contribution is 5.50. The Labute approximate surface area is 116 Å². The minimum absolute atomic E-state index is 0.128. The molecule has 1 aromatic rings. The van der Waals surface area contributed by atoms with Crippen LogP contribution < -0.4 is 10.6 Å². The minimum Gasteiger partial charge on any atom is -0.366 e. The lowest BCUT2D eigenvalue weighted by Crippen LogP contribution is -2.34. The maximum atomic E-state index is 14.3. The molecule has 2 nitrogen and oxygen atoms in total. The molecule has 0 aliphatic rings. The number of hydrogen-bond acceptors (Lipinski definition) is 2. The molecule has 2 atom stereocenters. The molecule has 0 aliphatic carbocycles. The lowest BCUT2D eigenvalue weighted by molar-refractivity contribution is 0.563. The van der Waals surface area contributed by atoms with E-state index in [1.54, 1.807) is 6.07 Å². The van der Waals surface area contributed by atoms with Gasteiger partial charge in [-0.2, -0.15) is 0 Å². The fourth-order valence-electron chi connectivity index (χ4n) is 2.17. The summed E-state index contributed by atoms with van der Waals surface area (Å²) in [6, 6.07) is 5.60. The van der Waals surface area contributed by atoms with Gasteiger partial charge in [0.05, 0.1) is 5.69 Å². The Bertz CT molecular complexity index is 390. The number of halogens is 1. The van der Waals surface area contributed by atoms with Crippen molar-refractivity contribution in [2.75, 3.05) is 11.4 Å². The van der Waals surface area contributed by atoms with Crippen molar-refractivity contribution in [3.63, 3.8) is 0 Å². The van der Waals surface area contributed by atoms with Crippen LogP contribution in [-0.4, -0.2) is 12.6 Å². The molecular weight excluding hydrogens is 239 g/mol. The van der Waals surface area contributed by atoms with Crippen molar-refractivity contribution in [3.05, 3.63) is 29.6 Å². The van der Waals surface area contributed by atoms with Gasteiger partial charge in [0.1, 0.15) is 5.82 Å². The summed E-state index contributed by atoms with van der Waals surface area (Å²) in [7, 11) is 0. The highest BCUT2D eigenvalue weighted by Crippen LogP contribution is 2.25. The number of benzene rings is 1. The maximum Gasteiger partial charge on any atom is 0.146 e. The second kappa shape index (κ2) is 7.49. The normalized spacial score (nSPS) is 14.2. The van der Waals surface area contributed by atoms with E-state index in [0.29, 0.717) is 11.7 Å². The van der Waals surface area contributed by atoms with E-state index in [4.69, 9.17) is 5.73 Å². The van der Waals surface area contributed by atoms with Gasteiger partial charge in [0.25, 0.3) is 0 Å². The van der Waals surface area contributed by atoms with Crippen LogP contribution in [0.5, 0.6) is 0 Å². The molecule has 0 radical (unpaired) electrons. The summed E-state index contributed by atoms with van der Waals surface area (Å²) < 4.78 is 14.3. The molecule has 0 saturated heterocycles. The van der Waals surface area contributed by atoms with Crippen molar-refractivity contribution < 1.29 is 4.39 Å². The number of anilines is 1. The zero-order valence-corrected chi connectivity index (χ0v) is 12.6. The second-order valence-corrected chi connectivity index (χ2v) is 5.30. The van der Waals surface area contributed by atoms with Crippen LogP contribution in [0.4, 0.5) is 10.1 Å². The van der Waals surface area contributed by atoms with Crippen LogP contribution in [0.25, 0.3) is 0 Å². The van der Waals surface area contributed by atoms with Gasteiger partial charge < -0.3 is 10.6 Å². The van der Waals surface area contributed by atoms with Gasteiger partial charge in [0, 0.05) is 18.6 Å². The van der Waals surface area contributed by atoms with E-state index in [-0.39, 0.29) is 11.9 Å². The Morgan fingerprint density at radius 2 is 1.95 bits per heavy atom. The van der Waals surface area contributed by atoms with Gasteiger partial charge in [-0.3, -0.25) is 0 Å². The molecule has 2 N–H and O–H groups in total. The Kier molecular flexibility index (Phi) is 6.29. The van der Waals surface area contributed by atoms with Crippen molar-refractivity contribution in [1.82, 2.24) is 0 Å². The van der Waals surface area contributed by atoms with Crippen molar-refractivity contribution >= 4 is 5.69 Å². The SMILES string of the molecule is CCCCN(c1ccc([C@@H](C)N)cc1F)C(C)CC. The molecule has 0 saturated carbocycles. The van der Waals surface area contributed by atoms with Gasteiger partial charge in [-0.25, -0.2) is 4.39 Å². The van der Waals surface area contributed by atoms with E-state index >= 15 is 0 Å². The first-order chi connectivity index (χ1) is 9.01. The summed E-state index contributed by atoms with van der Waals surface area (Å²) in [5.74, 6) is -0.161. The van der Waals surface area contributed by atoms with Crippen LogP contribution in [0.15, 0.2) is 18.2 Å². The number of nitrogens with two attached hydrogens (primary N) is 1. The molecule has 19 heavy (non-hydrogen) atoms. The summed E-state index contributed by atoms with van der Waals surface area (Å²) in [5.41, 5.74) is 7.34. The molecule has 1 rings (SSSR count). The Hall–Kier alpha value is -1.09. The zero-order valence-electron chi connectivity index (χ0n) is 12.6. The molecule has 0 fully saturated rings. The van der Waals surface area contributed by atoms with Gasteiger partial charge >= 0.3 is 0 Å². The quantitative estimate of drug-likeness (QED) is 0.799. The van der Waals surface area contributed by atoms with Crippen molar-refractivity contribution in [2.24, 2.45) is 5.73 Å². The van der Waals surface area contributed by atoms with Crippen LogP contribution in [-0.2, 0) is 0 Å². The Morgan fingerprint density at radius 3 is 2.42 bits per heavy atom. The molecule has 0 amide bonds. The average molecular weight is 266 g/mol. The van der Waals surface area contributed by atoms with Gasteiger partial charge in [0.2, 0.25) is 0 Å². The highest BCUT2D eigenvalue weighted by Gasteiger charge is 2.17. The number of hydrogen-bond donors (Lipinski definition) is 1. The summed E-state index contributed by atoms with van der Waals surface area (Å²) in [6.07, 6.45) is 3.21. The smallest absolute Gasteiger partial charge is 0.146 e. The largest absolute Gasteiger partial charge is 0.366 e. The van der Waals surface area contributed by atoms with Crippen LogP contribution in [0, 0.1) is 5.82 Å². The Morgan fingerprint density at radius 1 is 1.26 bits per heavy atom. The van der Waals surface area contributed by atoms with Crippen LogP contribution in [0.3, 0.4) is 0 Å². The predicted octanol–water partition coefficient (Wildman–Crippen LogP) is 4.25. The third-order valence-corrected chi connectivity index (χ3v) is 3.68. The fourth-order valence-corrected chi connectivity index (χ4v) is 2.17. The van der Waals surface area contributed by atoms with E-state index in [1.807, 2.05) is 19.1 Å². The summed E-state index contributed by atoms with van der Waals surface area (Å²) in [5, 5.41) is 0. The number of unbranched alkanes of at least 4 members (excludes halogenated alkanes) is 1. The molecule has 0 aromatic heterocycles. The molecule has 1 aromatic carbocycles. The van der Waals surface area contributed by atoms with E-state index in [9.17, 15) is 4.39 Å². The van der Waals surface area contributed by atoms with Gasteiger partial charge in [-0.05, 0) is 44.4 Å². The monoisotopic (exact) mass is 266 g/mol. The van der Waals surface area contributed by atoms with Crippen LogP contribution >= 0.6 is 0 Å². The first-order valence-electron chi connectivity index (χ1n) is 7.32. The van der Waals surface area contributed by atoms with Crippen LogP contribution in [0.1, 0.15) is 58.6 Å². The third-order valence-electron chi connectivity index (χ3n) is 3.68. The molecule has 0 spiro atoms. The average Bonchev–Trinajstić information content (AvgIpc) is 2.39. The molecule has 0 aliphatic heterocycles. The molecule has 3 heteroatoms. The summed E-state index contributed by atoms with van der Waals surface area (Å²) in [4.78, 5) is 2.17. The standard InChI is InChI=1S/C16H27FN2/c1-5-7-10-19(12(3)6-2)16-9-8-14(13(4)18)11-15(16)17/h8-9,11-13H,5-7,10,18H2,1-4H3/t12?,13-/m1/s1. The molecular formula is C16H27FN2. The molecule has 1 unspecified atom stereocenters. The zero-order chi connectivity index (χ0) is 14.4. The van der Waals surface area contributed by atoms with E-state index < -0.39 is 0 Å². The first kappa shape index (κ1) is 16.0. The molecule has 108 valence electrons. The Balaban J connectivity index is 3.01. The predicted molar refractivity (Wildman–Crippen MR) is 81.0 cm³/mol. The number of nitrogens with zero attached hydrogens (tertiary/aromatic N) is 1. The van der Waals surface area contributed by atoms with Crippen molar-refractivity contribution in [2.45, 2.75) is 59.0 Å². The van der Waals surface area contributed by atoms with Gasteiger partial charge in [0.15, 0.2) is 0 Å². The second-order valence-electron chi connectivity index (χ2n) is 5.30. The van der Waals surface area contributed by atoms with Crippen molar-refractivity contribution in [1.29, 1.82) is 0 Å². The first-order valence-corrected chi connectivity index (χ1v) is 7.32. The van der Waals surface area contributed by atoms with Gasteiger partial charge in [-0.15, -0.1) is 0 Å².